The molecule has 0 saturated heterocycles. The lowest BCUT2D eigenvalue weighted by molar-refractivity contribution is 0.0697. The molecule has 0 unspecified atom stereocenters. The number of aromatic nitrogens is 1. The monoisotopic (exact) mass is 323 g/mol. The Morgan fingerprint density at radius 1 is 1.00 bits per heavy atom. The van der Waals surface area contributed by atoms with Gasteiger partial charge in [-0.05, 0) is 61.2 Å². The van der Waals surface area contributed by atoms with Crippen LogP contribution < -0.4 is 0 Å². The van der Waals surface area contributed by atoms with E-state index in [-0.39, 0.29) is 0 Å². The van der Waals surface area contributed by atoms with Crippen LogP contribution in [0.3, 0.4) is 0 Å². The number of nitrogens with zero attached hydrogens (tertiary/aromatic N) is 1. The maximum Gasteiger partial charge on any atom is 0.335 e. The summed E-state index contributed by atoms with van der Waals surface area (Å²) in [6.07, 6.45) is 0. The van der Waals surface area contributed by atoms with Crippen molar-refractivity contribution in [2.24, 2.45) is 0 Å². The second kappa shape index (κ2) is 5.97. The fourth-order valence-electron chi connectivity index (χ4n) is 2.63. The smallest absolute Gasteiger partial charge is 0.335 e. The van der Waals surface area contributed by atoms with E-state index < -0.39 is 5.97 Å². The number of thiazole rings is 1. The summed E-state index contributed by atoms with van der Waals surface area (Å²) in [5.41, 5.74) is 5.84. The van der Waals surface area contributed by atoms with E-state index in [9.17, 15) is 4.79 Å². The molecule has 0 aliphatic heterocycles. The molecule has 0 atom stereocenters. The van der Waals surface area contributed by atoms with Gasteiger partial charge in [0.25, 0.3) is 0 Å². The van der Waals surface area contributed by atoms with E-state index in [1.165, 1.54) is 16.0 Å². The average Bonchev–Trinajstić information content (AvgIpc) is 2.86. The van der Waals surface area contributed by atoms with Gasteiger partial charge in [-0.3, -0.25) is 0 Å². The van der Waals surface area contributed by atoms with Crippen LogP contribution in [0.1, 0.15) is 26.6 Å². The molecule has 1 N–H and O–H groups in total. The highest BCUT2D eigenvalue weighted by Gasteiger charge is 2.12. The molecule has 3 aromatic rings. The van der Waals surface area contributed by atoms with E-state index in [0.717, 1.165) is 21.8 Å². The first-order valence-electron chi connectivity index (χ1n) is 7.34. The van der Waals surface area contributed by atoms with Crippen molar-refractivity contribution in [1.82, 2.24) is 4.98 Å². The number of carboxylic acids is 1. The Balaban J connectivity index is 2.07. The molecule has 0 aliphatic rings. The molecular formula is C19H17NO2S. The van der Waals surface area contributed by atoms with Crippen LogP contribution in [0, 0.1) is 20.8 Å². The summed E-state index contributed by atoms with van der Waals surface area (Å²) in [4.78, 5) is 16.7. The number of carbonyl (C=O) groups is 1. The van der Waals surface area contributed by atoms with Crippen LogP contribution in [0.2, 0.25) is 0 Å². The molecule has 0 amide bonds. The molecule has 1 heterocycles. The fraction of sp³-hybridized carbons (Fsp3) is 0.158. The SMILES string of the molecule is Cc1nc(C)c(-c2cc(-c3ccc(C(=O)O)cc3)ccc2C)s1. The number of rotatable bonds is 3. The molecule has 0 radical (unpaired) electrons. The first-order chi connectivity index (χ1) is 11.0. The minimum absolute atomic E-state index is 0.301. The highest BCUT2D eigenvalue weighted by molar-refractivity contribution is 7.15. The Kier molecular flexibility index (Phi) is 4.01. The second-order valence-corrected chi connectivity index (χ2v) is 6.76. The molecule has 0 bridgehead atoms. The lowest BCUT2D eigenvalue weighted by Gasteiger charge is -2.09. The Morgan fingerprint density at radius 2 is 1.65 bits per heavy atom. The zero-order chi connectivity index (χ0) is 16.6. The van der Waals surface area contributed by atoms with Crippen molar-refractivity contribution in [2.45, 2.75) is 20.8 Å². The summed E-state index contributed by atoms with van der Waals surface area (Å²) in [5, 5.41) is 10.1. The van der Waals surface area contributed by atoms with Crippen molar-refractivity contribution < 1.29 is 9.90 Å². The lowest BCUT2D eigenvalue weighted by Crippen LogP contribution is -1.95. The van der Waals surface area contributed by atoms with Gasteiger partial charge in [0.2, 0.25) is 0 Å². The van der Waals surface area contributed by atoms with Gasteiger partial charge >= 0.3 is 5.97 Å². The largest absolute Gasteiger partial charge is 0.478 e. The van der Waals surface area contributed by atoms with Gasteiger partial charge in [0.05, 0.1) is 21.1 Å². The van der Waals surface area contributed by atoms with Gasteiger partial charge in [0.1, 0.15) is 0 Å². The maximum absolute atomic E-state index is 11.0. The summed E-state index contributed by atoms with van der Waals surface area (Å²) in [6.45, 7) is 6.15. The van der Waals surface area contributed by atoms with E-state index in [0.29, 0.717) is 5.56 Å². The Hall–Kier alpha value is -2.46. The van der Waals surface area contributed by atoms with Crippen molar-refractivity contribution in [3.63, 3.8) is 0 Å². The summed E-state index contributed by atoms with van der Waals surface area (Å²) in [7, 11) is 0. The Labute approximate surface area is 139 Å². The van der Waals surface area contributed by atoms with Gasteiger partial charge in [0, 0.05) is 0 Å². The van der Waals surface area contributed by atoms with E-state index in [2.05, 4.69) is 30.1 Å². The molecule has 0 aliphatic carbocycles. The molecule has 3 rings (SSSR count). The maximum atomic E-state index is 11.0. The number of hydrogen-bond acceptors (Lipinski definition) is 3. The van der Waals surface area contributed by atoms with Gasteiger partial charge in [-0.1, -0.05) is 24.3 Å². The minimum Gasteiger partial charge on any atom is -0.478 e. The zero-order valence-electron chi connectivity index (χ0n) is 13.3. The highest BCUT2D eigenvalue weighted by Crippen LogP contribution is 2.35. The molecule has 4 heteroatoms. The molecule has 3 nitrogen and oxygen atoms in total. The minimum atomic E-state index is -0.906. The molecular weight excluding hydrogens is 306 g/mol. The average molecular weight is 323 g/mol. The van der Waals surface area contributed by atoms with Gasteiger partial charge < -0.3 is 5.11 Å². The Morgan fingerprint density at radius 3 is 2.22 bits per heavy atom. The highest BCUT2D eigenvalue weighted by atomic mass is 32.1. The fourth-order valence-corrected chi connectivity index (χ4v) is 3.63. The third-order valence-corrected chi connectivity index (χ3v) is 4.96. The van der Waals surface area contributed by atoms with Gasteiger partial charge in [-0.2, -0.15) is 0 Å². The number of benzene rings is 2. The third-order valence-electron chi connectivity index (χ3n) is 3.85. The van der Waals surface area contributed by atoms with E-state index >= 15 is 0 Å². The number of aryl methyl sites for hydroxylation is 3. The summed E-state index contributed by atoms with van der Waals surface area (Å²) in [6, 6.07) is 13.3. The molecule has 1 aromatic heterocycles. The van der Waals surface area contributed by atoms with Crippen molar-refractivity contribution >= 4 is 17.3 Å². The van der Waals surface area contributed by atoms with Crippen LogP contribution in [0.5, 0.6) is 0 Å². The molecule has 0 saturated carbocycles. The van der Waals surface area contributed by atoms with E-state index in [1.54, 1.807) is 23.5 Å². The lowest BCUT2D eigenvalue weighted by atomic mass is 9.98. The van der Waals surface area contributed by atoms with Crippen LogP contribution in [0.15, 0.2) is 42.5 Å². The molecule has 116 valence electrons. The van der Waals surface area contributed by atoms with Crippen LogP contribution in [-0.4, -0.2) is 16.1 Å². The topological polar surface area (TPSA) is 50.2 Å². The quantitative estimate of drug-likeness (QED) is 0.729. The second-order valence-electron chi connectivity index (χ2n) is 5.56. The van der Waals surface area contributed by atoms with Crippen molar-refractivity contribution in [2.75, 3.05) is 0 Å². The first-order valence-corrected chi connectivity index (χ1v) is 8.16. The number of hydrogen-bond donors (Lipinski definition) is 1. The van der Waals surface area contributed by atoms with Crippen molar-refractivity contribution in [3.05, 3.63) is 64.3 Å². The van der Waals surface area contributed by atoms with Crippen LogP contribution >= 0.6 is 11.3 Å². The van der Waals surface area contributed by atoms with Crippen LogP contribution in [0.25, 0.3) is 21.6 Å². The van der Waals surface area contributed by atoms with Gasteiger partial charge in [-0.25, -0.2) is 9.78 Å². The summed E-state index contributed by atoms with van der Waals surface area (Å²) < 4.78 is 0. The van der Waals surface area contributed by atoms with Crippen molar-refractivity contribution in [3.8, 4) is 21.6 Å². The normalized spacial score (nSPS) is 10.7. The van der Waals surface area contributed by atoms with Crippen LogP contribution in [-0.2, 0) is 0 Å². The predicted molar refractivity (Wildman–Crippen MR) is 94.2 cm³/mol. The first kappa shape index (κ1) is 15.4. The van der Waals surface area contributed by atoms with Gasteiger partial charge in [-0.15, -0.1) is 11.3 Å². The molecule has 23 heavy (non-hydrogen) atoms. The van der Waals surface area contributed by atoms with Gasteiger partial charge in [0.15, 0.2) is 0 Å². The summed E-state index contributed by atoms with van der Waals surface area (Å²) in [5.74, 6) is -0.906. The zero-order valence-corrected chi connectivity index (χ0v) is 14.1. The predicted octanol–water partition coefficient (Wildman–Crippen LogP) is 5.10. The molecule has 0 spiro atoms. The van der Waals surface area contributed by atoms with Crippen LogP contribution in [0.4, 0.5) is 0 Å². The summed E-state index contributed by atoms with van der Waals surface area (Å²) >= 11 is 1.70. The molecule has 2 aromatic carbocycles. The van der Waals surface area contributed by atoms with Crippen molar-refractivity contribution in [1.29, 1.82) is 0 Å². The van der Waals surface area contributed by atoms with E-state index in [1.807, 2.05) is 26.0 Å². The number of carboxylic acid groups (broad SMARTS) is 1. The standard InChI is InChI=1S/C19H17NO2S/c1-11-4-5-16(14-6-8-15(9-7-14)19(21)22)10-17(11)18-12(2)20-13(3)23-18/h4-10H,1-3H3,(H,21,22). The Bertz CT molecular complexity index is 879. The van der Waals surface area contributed by atoms with E-state index in [4.69, 9.17) is 5.11 Å². The third kappa shape index (κ3) is 3.03. The number of aromatic carboxylic acids is 1. The molecule has 0 fully saturated rings.